The average molecular weight is 354 g/mol. The molecular weight excluding hydrogens is 332 g/mol. The first kappa shape index (κ1) is 17.9. The van der Waals surface area contributed by atoms with E-state index in [2.05, 4.69) is 30.5 Å². The third-order valence-electron chi connectivity index (χ3n) is 4.47. The van der Waals surface area contributed by atoms with Gasteiger partial charge in [-0.05, 0) is 18.6 Å². The fourth-order valence-electron chi connectivity index (χ4n) is 3.12. The number of carbonyl (C=O) groups excluding carboxylic acids is 2. The fraction of sp³-hybridized carbons (Fsp3) is 0.389. The number of hydrogen-bond donors (Lipinski definition) is 2. The zero-order valence-corrected chi connectivity index (χ0v) is 14.8. The maximum absolute atomic E-state index is 12.5. The van der Waals surface area contributed by atoms with Crippen molar-refractivity contribution in [3.63, 3.8) is 0 Å². The first-order valence-electron chi connectivity index (χ1n) is 8.49. The van der Waals surface area contributed by atoms with Crippen LogP contribution in [-0.4, -0.2) is 57.8 Å². The molecule has 0 radical (unpaired) electrons. The highest BCUT2D eigenvalue weighted by atomic mass is 16.2. The van der Waals surface area contributed by atoms with Crippen LogP contribution >= 0.6 is 0 Å². The largest absolute Gasteiger partial charge is 0.359 e. The first-order chi connectivity index (χ1) is 12.6. The molecule has 3 heterocycles. The number of likely N-dealkylation sites (tertiary alicyclic amines) is 1. The normalized spacial score (nSPS) is 19.9. The predicted molar refractivity (Wildman–Crippen MR) is 95.1 cm³/mol. The van der Waals surface area contributed by atoms with Gasteiger partial charge >= 0.3 is 0 Å². The van der Waals surface area contributed by atoms with Gasteiger partial charge in [0.1, 0.15) is 5.82 Å². The van der Waals surface area contributed by atoms with Gasteiger partial charge in [0.05, 0.1) is 17.5 Å². The number of aryl methyl sites for hydroxylation is 1. The third-order valence-corrected chi connectivity index (χ3v) is 4.47. The minimum absolute atomic E-state index is 0.0795. The molecule has 0 aliphatic carbocycles. The average Bonchev–Trinajstić information content (AvgIpc) is 3.04. The summed E-state index contributed by atoms with van der Waals surface area (Å²) in [6, 6.07) is 3.61. The molecule has 8 nitrogen and oxygen atoms in total. The molecule has 2 amide bonds. The summed E-state index contributed by atoms with van der Waals surface area (Å²) in [4.78, 5) is 39.1. The molecule has 0 spiro atoms. The number of nitrogens with zero attached hydrogens (tertiary/aromatic N) is 4. The maximum atomic E-state index is 12.5. The number of pyridine rings is 1. The van der Waals surface area contributed by atoms with Crippen molar-refractivity contribution in [3.05, 3.63) is 53.9 Å². The van der Waals surface area contributed by atoms with Crippen molar-refractivity contribution in [2.45, 2.75) is 19.5 Å². The molecule has 1 aliphatic rings. The van der Waals surface area contributed by atoms with Gasteiger partial charge in [-0.1, -0.05) is 6.07 Å². The second-order valence-electron chi connectivity index (χ2n) is 6.38. The van der Waals surface area contributed by atoms with Gasteiger partial charge in [0.15, 0.2) is 0 Å². The van der Waals surface area contributed by atoms with E-state index in [9.17, 15) is 9.59 Å². The van der Waals surface area contributed by atoms with E-state index in [0.29, 0.717) is 31.0 Å². The van der Waals surface area contributed by atoms with Crippen molar-refractivity contribution >= 4 is 11.8 Å². The number of aromatic nitrogens is 3. The monoisotopic (exact) mass is 354 g/mol. The Morgan fingerprint density at radius 2 is 2.00 bits per heavy atom. The standard InChI is InChI=1S/C18H22N6O2/c1-12-21-7-14(8-22-12)17(25)23-16-11-24(10-15(16)18(26)19-2)9-13-4-3-5-20-6-13/h3-8,15-16H,9-11H2,1-2H3,(H,19,26)(H,23,25)/t15-,16-/m0/s1. The summed E-state index contributed by atoms with van der Waals surface area (Å²) < 4.78 is 0. The van der Waals surface area contributed by atoms with E-state index in [1.807, 2.05) is 18.3 Å². The quantitative estimate of drug-likeness (QED) is 0.793. The Kier molecular flexibility index (Phi) is 5.52. The minimum Gasteiger partial charge on any atom is -0.359 e. The molecular formula is C18H22N6O2. The summed E-state index contributed by atoms with van der Waals surface area (Å²) in [5, 5.41) is 5.65. The van der Waals surface area contributed by atoms with E-state index in [1.54, 1.807) is 20.2 Å². The van der Waals surface area contributed by atoms with Gasteiger partial charge in [-0.15, -0.1) is 0 Å². The molecule has 0 aromatic carbocycles. The Hall–Kier alpha value is -2.87. The van der Waals surface area contributed by atoms with Crippen LogP contribution in [0.2, 0.25) is 0 Å². The molecule has 1 saturated heterocycles. The lowest BCUT2D eigenvalue weighted by Gasteiger charge is -2.18. The highest BCUT2D eigenvalue weighted by Crippen LogP contribution is 2.20. The van der Waals surface area contributed by atoms with Gasteiger partial charge < -0.3 is 10.6 Å². The minimum atomic E-state index is -0.313. The number of rotatable bonds is 5. The number of nitrogens with one attached hydrogen (secondary N) is 2. The van der Waals surface area contributed by atoms with E-state index < -0.39 is 0 Å². The fourth-order valence-corrected chi connectivity index (χ4v) is 3.12. The third kappa shape index (κ3) is 4.20. The van der Waals surface area contributed by atoms with Gasteiger partial charge in [0.2, 0.25) is 5.91 Å². The lowest BCUT2D eigenvalue weighted by Crippen LogP contribution is -2.45. The molecule has 1 aliphatic heterocycles. The number of carbonyl (C=O) groups is 2. The number of amides is 2. The van der Waals surface area contributed by atoms with Gasteiger partial charge in [-0.25, -0.2) is 9.97 Å². The highest BCUT2D eigenvalue weighted by molar-refractivity contribution is 5.94. The number of hydrogen-bond acceptors (Lipinski definition) is 6. The van der Waals surface area contributed by atoms with Crippen LogP contribution in [0.4, 0.5) is 0 Å². The van der Waals surface area contributed by atoms with Crippen LogP contribution in [0.25, 0.3) is 0 Å². The van der Waals surface area contributed by atoms with Crippen molar-refractivity contribution in [1.82, 2.24) is 30.5 Å². The summed E-state index contributed by atoms with van der Waals surface area (Å²) in [7, 11) is 1.61. The highest BCUT2D eigenvalue weighted by Gasteiger charge is 2.38. The smallest absolute Gasteiger partial charge is 0.254 e. The summed E-state index contributed by atoms with van der Waals surface area (Å²) in [6.45, 7) is 3.60. The predicted octanol–water partition coefficient (Wildman–Crippen LogP) is 0.156. The van der Waals surface area contributed by atoms with Gasteiger partial charge in [0, 0.05) is 51.5 Å². The van der Waals surface area contributed by atoms with E-state index in [1.165, 1.54) is 12.4 Å². The summed E-state index contributed by atoms with van der Waals surface area (Å²) in [6.07, 6.45) is 6.53. The van der Waals surface area contributed by atoms with Gasteiger partial charge in [0.25, 0.3) is 5.91 Å². The van der Waals surface area contributed by atoms with Gasteiger partial charge in [-0.2, -0.15) is 0 Å². The van der Waals surface area contributed by atoms with Crippen molar-refractivity contribution < 1.29 is 9.59 Å². The van der Waals surface area contributed by atoms with Crippen molar-refractivity contribution in [2.24, 2.45) is 5.92 Å². The Balaban J connectivity index is 1.69. The van der Waals surface area contributed by atoms with Crippen LogP contribution in [0.1, 0.15) is 21.7 Å². The first-order valence-corrected chi connectivity index (χ1v) is 8.49. The van der Waals surface area contributed by atoms with Crippen LogP contribution in [-0.2, 0) is 11.3 Å². The molecule has 3 rings (SSSR count). The van der Waals surface area contributed by atoms with E-state index in [4.69, 9.17) is 0 Å². The van der Waals surface area contributed by atoms with Crippen LogP contribution in [0.15, 0.2) is 36.9 Å². The van der Waals surface area contributed by atoms with E-state index >= 15 is 0 Å². The zero-order valence-electron chi connectivity index (χ0n) is 14.8. The van der Waals surface area contributed by atoms with Gasteiger partial charge in [-0.3, -0.25) is 19.5 Å². The molecule has 1 fully saturated rings. The van der Waals surface area contributed by atoms with Crippen molar-refractivity contribution in [3.8, 4) is 0 Å². The maximum Gasteiger partial charge on any atom is 0.254 e. The van der Waals surface area contributed by atoms with Crippen LogP contribution < -0.4 is 10.6 Å². The second-order valence-corrected chi connectivity index (χ2v) is 6.38. The molecule has 2 N–H and O–H groups in total. The molecule has 136 valence electrons. The van der Waals surface area contributed by atoms with Crippen LogP contribution in [0, 0.1) is 12.8 Å². The lowest BCUT2D eigenvalue weighted by molar-refractivity contribution is -0.124. The molecule has 2 atom stereocenters. The van der Waals surface area contributed by atoms with E-state index in [-0.39, 0.29) is 23.8 Å². The van der Waals surface area contributed by atoms with Crippen LogP contribution in [0.3, 0.4) is 0 Å². The van der Waals surface area contributed by atoms with Crippen LogP contribution in [0.5, 0.6) is 0 Å². The zero-order chi connectivity index (χ0) is 18.5. The van der Waals surface area contributed by atoms with Crippen molar-refractivity contribution in [2.75, 3.05) is 20.1 Å². The summed E-state index contributed by atoms with van der Waals surface area (Å²) in [5.41, 5.74) is 1.46. The second kappa shape index (κ2) is 8.01. The Morgan fingerprint density at radius 3 is 2.65 bits per heavy atom. The Morgan fingerprint density at radius 1 is 1.23 bits per heavy atom. The lowest BCUT2D eigenvalue weighted by atomic mass is 10.0. The molecule has 0 unspecified atom stereocenters. The molecule has 0 bridgehead atoms. The molecule has 2 aromatic heterocycles. The SMILES string of the molecule is CNC(=O)[C@H]1CN(Cc2cccnc2)C[C@@H]1NC(=O)c1cnc(C)nc1. The molecule has 26 heavy (non-hydrogen) atoms. The summed E-state index contributed by atoms with van der Waals surface area (Å²) >= 11 is 0. The molecule has 2 aromatic rings. The molecule has 8 heteroatoms. The summed E-state index contributed by atoms with van der Waals surface area (Å²) in [5.74, 6) is -0.0587. The van der Waals surface area contributed by atoms with E-state index in [0.717, 1.165) is 5.56 Å². The Bertz CT molecular complexity index is 765. The topological polar surface area (TPSA) is 100 Å². The molecule has 0 saturated carbocycles. The Labute approximate surface area is 152 Å². The van der Waals surface area contributed by atoms with Crippen molar-refractivity contribution in [1.29, 1.82) is 0 Å².